The molecule has 0 unspecified atom stereocenters. The van der Waals surface area contributed by atoms with Crippen LogP contribution in [0.5, 0.6) is 0 Å². The summed E-state index contributed by atoms with van der Waals surface area (Å²) in [7, 11) is 0. The highest BCUT2D eigenvalue weighted by atomic mass is 32.2. The summed E-state index contributed by atoms with van der Waals surface area (Å²) in [6.45, 7) is 2.15. The van der Waals surface area contributed by atoms with E-state index in [-0.39, 0.29) is 12.0 Å². The maximum Gasteiger partial charge on any atom is 0.413 e. The molecule has 0 saturated carbocycles. The lowest BCUT2D eigenvalue weighted by Crippen LogP contribution is -2.30. The van der Waals surface area contributed by atoms with Crippen LogP contribution in [-0.2, 0) is 4.74 Å². The van der Waals surface area contributed by atoms with Gasteiger partial charge in [-0.05, 0) is 22.3 Å². The van der Waals surface area contributed by atoms with E-state index in [1.54, 1.807) is 11.8 Å². The molecule has 2 N–H and O–H groups in total. The lowest BCUT2D eigenvalue weighted by Gasteiger charge is -2.14. The molecule has 0 spiro atoms. The molecule has 0 aromatic heterocycles. The third-order valence-corrected chi connectivity index (χ3v) is 6.44. The third kappa shape index (κ3) is 2.70. The number of aliphatic imine (C=N–C) groups is 1. The molecule has 2 aromatic carbocycles. The van der Waals surface area contributed by atoms with E-state index in [0.717, 1.165) is 13.1 Å². The zero-order valence-electron chi connectivity index (χ0n) is 14.1. The van der Waals surface area contributed by atoms with E-state index in [4.69, 9.17) is 4.74 Å². The summed E-state index contributed by atoms with van der Waals surface area (Å²) in [6, 6.07) is 16.9. The molecule has 0 radical (unpaired) electrons. The Bertz CT molecular complexity index is 853. The van der Waals surface area contributed by atoms with Crippen LogP contribution in [0.2, 0.25) is 0 Å². The van der Waals surface area contributed by atoms with Crippen molar-refractivity contribution >= 4 is 23.0 Å². The molecule has 5 rings (SSSR count). The average Bonchev–Trinajstić information content (AvgIpc) is 3.32. The molecule has 2 aliphatic heterocycles. The maximum absolute atomic E-state index is 12.3. The van der Waals surface area contributed by atoms with Crippen LogP contribution in [0.25, 0.3) is 11.1 Å². The highest BCUT2D eigenvalue weighted by Crippen LogP contribution is 2.44. The van der Waals surface area contributed by atoms with Gasteiger partial charge in [-0.15, -0.1) is 0 Å². The van der Waals surface area contributed by atoms with Gasteiger partial charge in [0.05, 0.1) is 6.04 Å². The zero-order valence-corrected chi connectivity index (χ0v) is 15.0. The molecule has 2 atom stereocenters. The standard InChI is InChI=1S/C20H19N3O2S/c24-20(23-19-22-17-9-21-10-18(17)26-19)25-11-16-14-7-3-1-5-12(14)13-6-2-4-8-15(13)16/h1-8,16-18,21H,9-11H2,(H,22,23,24)/t17-,18+/m0/s1. The first-order chi connectivity index (χ1) is 12.8. The fourth-order valence-corrected chi connectivity index (χ4v) is 5.14. The molecule has 26 heavy (non-hydrogen) atoms. The Kier molecular flexibility index (Phi) is 3.94. The van der Waals surface area contributed by atoms with Gasteiger partial charge < -0.3 is 10.1 Å². The number of carbonyl (C=O) groups is 1. The van der Waals surface area contributed by atoms with E-state index in [0.29, 0.717) is 17.0 Å². The number of benzene rings is 2. The molecule has 1 fully saturated rings. The van der Waals surface area contributed by atoms with Gasteiger partial charge in [0.2, 0.25) is 0 Å². The second-order valence-electron chi connectivity index (χ2n) is 6.77. The first-order valence-corrected chi connectivity index (χ1v) is 9.75. The normalized spacial score (nSPS) is 23.2. The molecule has 0 bridgehead atoms. The van der Waals surface area contributed by atoms with Crippen LogP contribution in [0.4, 0.5) is 4.79 Å². The van der Waals surface area contributed by atoms with E-state index < -0.39 is 6.09 Å². The molecule has 132 valence electrons. The third-order valence-electron chi connectivity index (χ3n) is 5.23. The number of amides is 1. The summed E-state index contributed by atoms with van der Waals surface area (Å²) >= 11 is 1.62. The first kappa shape index (κ1) is 15.9. The van der Waals surface area contributed by atoms with Gasteiger partial charge in [-0.3, -0.25) is 10.3 Å². The van der Waals surface area contributed by atoms with Crippen LogP contribution in [0, 0.1) is 0 Å². The number of carbonyl (C=O) groups excluding carboxylic acids is 1. The molecule has 3 aliphatic rings. The predicted molar refractivity (Wildman–Crippen MR) is 104 cm³/mol. The molecule has 2 aromatic rings. The van der Waals surface area contributed by atoms with Crippen LogP contribution < -0.4 is 10.6 Å². The minimum Gasteiger partial charge on any atom is -0.448 e. The van der Waals surface area contributed by atoms with Crippen LogP contribution in [0.15, 0.2) is 53.5 Å². The fourth-order valence-electron chi connectivity index (χ4n) is 4.00. The minimum atomic E-state index is -0.425. The SMILES string of the molecule is O=C(NC1=N[C@H]2CNC[C@H]2S1)OCC1c2ccccc2-c2ccccc21. The smallest absolute Gasteiger partial charge is 0.413 e. The molecular formula is C20H19N3O2S. The average molecular weight is 365 g/mol. The Hall–Kier alpha value is -2.31. The summed E-state index contributed by atoms with van der Waals surface area (Å²) in [5.74, 6) is 0.0786. The van der Waals surface area contributed by atoms with Crippen molar-refractivity contribution in [3.63, 3.8) is 0 Å². The predicted octanol–water partition coefficient (Wildman–Crippen LogP) is 2.97. The topological polar surface area (TPSA) is 62.7 Å². The summed E-state index contributed by atoms with van der Waals surface area (Å²) in [5, 5.41) is 7.22. The number of fused-ring (bicyclic) bond motifs is 4. The summed E-state index contributed by atoms with van der Waals surface area (Å²) in [4.78, 5) is 16.8. The van der Waals surface area contributed by atoms with Crippen molar-refractivity contribution in [3.8, 4) is 11.1 Å². The number of hydrogen-bond acceptors (Lipinski definition) is 5. The van der Waals surface area contributed by atoms with Crippen LogP contribution in [0.1, 0.15) is 17.0 Å². The highest BCUT2D eigenvalue weighted by molar-refractivity contribution is 8.14. The molecule has 2 heterocycles. The largest absolute Gasteiger partial charge is 0.448 e. The van der Waals surface area contributed by atoms with E-state index in [9.17, 15) is 4.79 Å². The van der Waals surface area contributed by atoms with Crippen LogP contribution in [-0.4, -0.2) is 42.2 Å². The van der Waals surface area contributed by atoms with Gasteiger partial charge in [-0.25, -0.2) is 4.79 Å². The number of nitrogens with one attached hydrogen (secondary N) is 2. The Morgan fingerprint density at radius 3 is 2.50 bits per heavy atom. The van der Waals surface area contributed by atoms with Gasteiger partial charge in [0.15, 0.2) is 5.17 Å². The van der Waals surface area contributed by atoms with Crippen LogP contribution >= 0.6 is 11.8 Å². The number of hydrogen-bond donors (Lipinski definition) is 2. The molecule has 1 amide bonds. The van der Waals surface area contributed by atoms with E-state index >= 15 is 0 Å². The summed E-state index contributed by atoms with van der Waals surface area (Å²) in [5.41, 5.74) is 4.89. The van der Waals surface area contributed by atoms with Crippen molar-refractivity contribution in [2.75, 3.05) is 19.7 Å². The molecule has 5 nitrogen and oxygen atoms in total. The number of rotatable bonds is 2. The fraction of sp³-hybridized carbons (Fsp3) is 0.300. The van der Waals surface area contributed by atoms with E-state index in [1.807, 2.05) is 24.3 Å². The van der Waals surface area contributed by atoms with Crippen molar-refractivity contribution in [2.45, 2.75) is 17.2 Å². The van der Waals surface area contributed by atoms with Crippen molar-refractivity contribution in [1.82, 2.24) is 10.6 Å². The lowest BCUT2D eigenvalue weighted by molar-refractivity contribution is 0.148. The number of thioether (sulfide) groups is 1. The maximum atomic E-state index is 12.3. The second-order valence-corrected chi connectivity index (χ2v) is 7.99. The van der Waals surface area contributed by atoms with Crippen molar-refractivity contribution in [2.24, 2.45) is 4.99 Å². The number of nitrogens with zero attached hydrogens (tertiary/aromatic N) is 1. The van der Waals surface area contributed by atoms with Gasteiger partial charge in [0.25, 0.3) is 0 Å². The van der Waals surface area contributed by atoms with Gasteiger partial charge in [-0.2, -0.15) is 0 Å². The van der Waals surface area contributed by atoms with Crippen molar-refractivity contribution in [3.05, 3.63) is 59.7 Å². The van der Waals surface area contributed by atoms with Crippen LogP contribution in [0.3, 0.4) is 0 Å². The first-order valence-electron chi connectivity index (χ1n) is 8.87. The summed E-state index contributed by atoms with van der Waals surface area (Å²) < 4.78 is 5.56. The minimum absolute atomic E-state index is 0.0786. The Balaban J connectivity index is 1.28. The number of amidine groups is 1. The molecule has 1 saturated heterocycles. The van der Waals surface area contributed by atoms with Gasteiger partial charge >= 0.3 is 6.09 Å². The Labute approximate surface area is 156 Å². The molecular weight excluding hydrogens is 346 g/mol. The van der Waals surface area contributed by atoms with Gasteiger partial charge in [0, 0.05) is 24.3 Å². The van der Waals surface area contributed by atoms with E-state index in [1.165, 1.54) is 22.3 Å². The van der Waals surface area contributed by atoms with Crippen molar-refractivity contribution in [1.29, 1.82) is 0 Å². The molecule has 1 aliphatic carbocycles. The summed E-state index contributed by atoms with van der Waals surface area (Å²) in [6.07, 6.45) is -0.425. The zero-order chi connectivity index (χ0) is 17.5. The van der Waals surface area contributed by atoms with E-state index in [2.05, 4.69) is 39.9 Å². The Morgan fingerprint density at radius 2 is 1.81 bits per heavy atom. The monoisotopic (exact) mass is 365 g/mol. The molecule has 6 heteroatoms. The van der Waals surface area contributed by atoms with Gasteiger partial charge in [-0.1, -0.05) is 60.3 Å². The second kappa shape index (κ2) is 6.45. The lowest BCUT2D eigenvalue weighted by atomic mass is 9.98. The quantitative estimate of drug-likeness (QED) is 0.859. The number of alkyl carbamates (subject to hydrolysis) is 1. The van der Waals surface area contributed by atoms with Crippen molar-refractivity contribution < 1.29 is 9.53 Å². The Morgan fingerprint density at radius 1 is 1.12 bits per heavy atom. The highest BCUT2D eigenvalue weighted by Gasteiger charge is 2.35. The van der Waals surface area contributed by atoms with Gasteiger partial charge in [0.1, 0.15) is 6.61 Å². The number of ether oxygens (including phenoxy) is 1.